The molecule has 1 aromatic heterocycles. The Kier molecular flexibility index (Phi) is 8.71. The molecule has 0 saturated carbocycles. The van der Waals surface area contributed by atoms with Crippen LogP contribution in [0.2, 0.25) is 0 Å². The van der Waals surface area contributed by atoms with Crippen LogP contribution in [0.3, 0.4) is 0 Å². The molecule has 39 heavy (non-hydrogen) atoms. The first-order valence-corrected chi connectivity index (χ1v) is 13.8. The number of hydrogen-bond acceptors (Lipinski definition) is 6. The van der Waals surface area contributed by atoms with E-state index in [1.165, 1.54) is 16.7 Å². The van der Waals surface area contributed by atoms with Gasteiger partial charge in [0.25, 0.3) is 0 Å². The fraction of sp³-hybridized carbons (Fsp3) is 0.375. The van der Waals surface area contributed by atoms with Crippen LogP contribution in [-0.2, 0) is 18.0 Å². The lowest BCUT2D eigenvalue weighted by atomic mass is 9.92. The summed E-state index contributed by atoms with van der Waals surface area (Å²) in [6, 6.07) is 28.9. The van der Waals surface area contributed by atoms with E-state index in [-0.39, 0.29) is 6.04 Å². The first-order chi connectivity index (χ1) is 19.1. The molecule has 2 heterocycles. The fourth-order valence-corrected chi connectivity index (χ4v) is 5.58. The van der Waals surface area contributed by atoms with Crippen molar-refractivity contribution in [2.75, 3.05) is 26.8 Å². The van der Waals surface area contributed by atoms with Gasteiger partial charge >= 0.3 is 0 Å². The maximum Gasteiger partial charge on any atom is 0.160 e. The summed E-state index contributed by atoms with van der Waals surface area (Å²) in [5.41, 5.74) is 4.87. The minimum atomic E-state index is 0.103. The van der Waals surface area contributed by atoms with Crippen molar-refractivity contribution in [3.63, 3.8) is 0 Å². The second-order valence-corrected chi connectivity index (χ2v) is 10.3. The second kappa shape index (κ2) is 12.6. The molecule has 5 rings (SSSR count). The number of benzene rings is 3. The Morgan fingerprint density at radius 3 is 2.44 bits per heavy atom. The lowest BCUT2D eigenvalue weighted by Gasteiger charge is -2.47. The Morgan fingerprint density at radius 2 is 1.69 bits per heavy atom. The summed E-state index contributed by atoms with van der Waals surface area (Å²) >= 11 is 0. The van der Waals surface area contributed by atoms with E-state index >= 15 is 0 Å². The van der Waals surface area contributed by atoms with Gasteiger partial charge in [0.15, 0.2) is 5.82 Å². The van der Waals surface area contributed by atoms with Gasteiger partial charge in [-0.25, -0.2) is 9.67 Å². The summed E-state index contributed by atoms with van der Waals surface area (Å²) in [5.74, 6) is 1.69. The van der Waals surface area contributed by atoms with Crippen molar-refractivity contribution in [3.8, 4) is 17.1 Å². The van der Waals surface area contributed by atoms with E-state index < -0.39 is 0 Å². The molecule has 1 aliphatic rings. The van der Waals surface area contributed by atoms with Crippen LogP contribution in [0, 0.1) is 0 Å². The molecular formula is C32H39N5O2. The van der Waals surface area contributed by atoms with Gasteiger partial charge in [0.05, 0.1) is 13.2 Å². The van der Waals surface area contributed by atoms with Gasteiger partial charge in [-0.3, -0.25) is 9.80 Å². The van der Waals surface area contributed by atoms with Crippen molar-refractivity contribution in [1.29, 1.82) is 0 Å². The van der Waals surface area contributed by atoms with E-state index in [2.05, 4.69) is 107 Å². The third-order valence-electron chi connectivity index (χ3n) is 7.65. The molecule has 0 radical (unpaired) electrons. The van der Waals surface area contributed by atoms with Crippen LogP contribution >= 0.6 is 0 Å². The smallest absolute Gasteiger partial charge is 0.160 e. The topological polar surface area (TPSA) is 55.7 Å². The molecule has 3 unspecified atom stereocenters. The van der Waals surface area contributed by atoms with Gasteiger partial charge < -0.3 is 9.47 Å². The molecular weight excluding hydrogens is 486 g/mol. The van der Waals surface area contributed by atoms with Gasteiger partial charge in [-0.2, -0.15) is 5.10 Å². The minimum Gasteiger partial charge on any atom is -0.497 e. The zero-order chi connectivity index (χ0) is 27.2. The van der Waals surface area contributed by atoms with Gasteiger partial charge in [0.1, 0.15) is 18.8 Å². The van der Waals surface area contributed by atoms with E-state index in [1.54, 1.807) is 18.1 Å². The zero-order valence-corrected chi connectivity index (χ0v) is 23.4. The largest absolute Gasteiger partial charge is 0.497 e. The standard InChI is InChI=1S/C32H39N5O2/c1-5-39-23-37-32(33-22-34-37)28-16-14-27(15-17-28)31(29-12-9-13-30(18-29)38-4)36-20-24(2)35(19-25(36)3)21-26-10-7-6-8-11-26/h6-18,22,24-25,31H,5,19-21,23H2,1-4H3. The maximum atomic E-state index is 5.62. The van der Waals surface area contributed by atoms with Crippen LogP contribution in [0.1, 0.15) is 43.5 Å². The SMILES string of the molecule is CCOCn1ncnc1-c1ccc(C(c2cccc(OC)c2)N2CC(C)N(Cc3ccccc3)CC2C)cc1. The lowest BCUT2D eigenvalue weighted by Crippen LogP contribution is -2.56. The van der Waals surface area contributed by atoms with E-state index in [1.807, 2.05) is 13.0 Å². The molecule has 0 bridgehead atoms. The van der Waals surface area contributed by atoms with Crippen LogP contribution in [0.4, 0.5) is 0 Å². The van der Waals surface area contributed by atoms with Crippen molar-refractivity contribution in [2.24, 2.45) is 0 Å². The predicted octanol–water partition coefficient (Wildman–Crippen LogP) is 5.63. The van der Waals surface area contributed by atoms with Crippen molar-refractivity contribution in [3.05, 3.63) is 102 Å². The van der Waals surface area contributed by atoms with Gasteiger partial charge in [0, 0.05) is 43.9 Å². The van der Waals surface area contributed by atoms with Crippen molar-refractivity contribution in [2.45, 2.75) is 52.2 Å². The highest BCUT2D eigenvalue weighted by Gasteiger charge is 2.35. The third kappa shape index (κ3) is 6.22. The van der Waals surface area contributed by atoms with Crippen LogP contribution in [-0.4, -0.2) is 63.5 Å². The van der Waals surface area contributed by atoms with E-state index in [0.717, 1.165) is 36.8 Å². The molecule has 1 saturated heterocycles. The Bertz CT molecular complexity index is 1320. The quantitative estimate of drug-likeness (QED) is 0.267. The molecule has 0 amide bonds. The summed E-state index contributed by atoms with van der Waals surface area (Å²) in [5, 5.41) is 4.34. The molecule has 7 nitrogen and oxygen atoms in total. The normalized spacial score (nSPS) is 19.2. The number of nitrogens with zero attached hydrogens (tertiary/aromatic N) is 5. The average Bonchev–Trinajstić information content (AvgIpc) is 3.44. The number of piperazine rings is 1. The van der Waals surface area contributed by atoms with Crippen LogP contribution in [0.5, 0.6) is 5.75 Å². The number of aromatic nitrogens is 3. The van der Waals surface area contributed by atoms with Crippen LogP contribution < -0.4 is 4.74 Å². The average molecular weight is 526 g/mol. The number of hydrogen-bond donors (Lipinski definition) is 0. The van der Waals surface area contributed by atoms with E-state index in [4.69, 9.17) is 9.47 Å². The third-order valence-corrected chi connectivity index (χ3v) is 7.65. The van der Waals surface area contributed by atoms with Gasteiger partial charge in [-0.1, -0.05) is 66.7 Å². The molecule has 7 heteroatoms. The molecule has 4 aromatic rings. The van der Waals surface area contributed by atoms with Gasteiger partial charge in [-0.05, 0) is 49.6 Å². The molecule has 1 fully saturated rings. The van der Waals surface area contributed by atoms with E-state index in [0.29, 0.717) is 25.4 Å². The monoisotopic (exact) mass is 525 g/mol. The zero-order valence-electron chi connectivity index (χ0n) is 23.4. The summed E-state index contributed by atoms with van der Waals surface area (Å²) in [7, 11) is 1.73. The number of rotatable bonds is 10. The minimum absolute atomic E-state index is 0.103. The van der Waals surface area contributed by atoms with Crippen molar-refractivity contribution in [1.82, 2.24) is 24.6 Å². The van der Waals surface area contributed by atoms with Crippen molar-refractivity contribution < 1.29 is 9.47 Å². The Balaban J connectivity index is 1.44. The first-order valence-electron chi connectivity index (χ1n) is 13.8. The number of methoxy groups -OCH3 is 1. The van der Waals surface area contributed by atoms with E-state index in [9.17, 15) is 0 Å². The summed E-state index contributed by atoms with van der Waals surface area (Å²) in [4.78, 5) is 9.74. The van der Waals surface area contributed by atoms with Gasteiger partial charge in [-0.15, -0.1) is 0 Å². The Morgan fingerprint density at radius 1 is 0.897 bits per heavy atom. The molecule has 0 aliphatic carbocycles. The highest BCUT2D eigenvalue weighted by atomic mass is 16.5. The van der Waals surface area contributed by atoms with Gasteiger partial charge in [0.2, 0.25) is 0 Å². The molecule has 0 spiro atoms. The predicted molar refractivity (Wildman–Crippen MR) is 154 cm³/mol. The molecule has 1 aliphatic heterocycles. The maximum absolute atomic E-state index is 5.62. The first kappa shape index (κ1) is 27.1. The molecule has 3 atom stereocenters. The summed E-state index contributed by atoms with van der Waals surface area (Å²) in [6.45, 7) is 10.7. The number of ether oxygens (including phenoxy) is 2. The molecule has 3 aromatic carbocycles. The second-order valence-electron chi connectivity index (χ2n) is 10.3. The Labute approximate surface area is 232 Å². The van der Waals surface area contributed by atoms with Crippen LogP contribution in [0.15, 0.2) is 85.2 Å². The highest BCUT2D eigenvalue weighted by Crippen LogP contribution is 2.35. The molecule has 204 valence electrons. The lowest BCUT2D eigenvalue weighted by molar-refractivity contribution is 0.0195. The summed E-state index contributed by atoms with van der Waals surface area (Å²) < 4.78 is 13.0. The summed E-state index contributed by atoms with van der Waals surface area (Å²) in [6.07, 6.45) is 1.58. The van der Waals surface area contributed by atoms with Crippen LogP contribution in [0.25, 0.3) is 11.4 Å². The van der Waals surface area contributed by atoms with Crippen molar-refractivity contribution >= 4 is 0 Å². The molecule has 0 N–H and O–H groups in total. The Hall–Kier alpha value is -3.52. The highest BCUT2D eigenvalue weighted by molar-refractivity contribution is 5.56. The fourth-order valence-electron chi connectivity index (χ4n) is 5.58.